The first kappa shape index (κ1) is 12.7. The van der Waals surface area contributed by atoms with E-state index in [4.69, 9.17) is 0 Å². The minimum absolute atomic E-state index is 0.0561. The molecule has 0 heterocycles. The van der Waals surface area contributed by atoms with Gasteiger partial charge in [-0.3, -0.25) is 4.79 Å². The zero-order chi connectivity index (χ0) is 12.3. The fraction of sp³-hybridized carbons (Fsp3) is 0.462. The Kier molecular flexibility index (Phi) is 3.70. The normalized spacial score (nSPS) is 11.3. The Labute approximate surface area is 97.5 Å². The van der Waals surface area contributed by atoms with Gasteiger partial charge in [-0.2, -0.15) is 0 Å². The Morgan fingerprint density at radius 2 is 2.00 bits per heavy atom. The molecule has 0 bridgehead atoms. The molecule has 0 saturated carbocycles. The number of aryl methyl sites for hydroxylation is 1. The number of benzene rings is 1. The number of nitrogens with zero attached hydrogens (tertiary/aromatic N) is 1. The van der Waals surface area contributed by atoms with E-state index in [9.17, 15) is 4.79 Å². The molecular formula is C13H20N2O. The fourth-order valence-corrected chi connectivity index (χ4v) is 1.48. The first-order chi connectivity index (χ1) is 7.38. The van der Waals surface area contributed by atoms with E-state index >= 15 is 0 Å². The minimum atomic E-state index is -0.543. The number of nitrogens with one attached hydrogen (secondary N) is 1. The van der Waals surface area contributed by atoms with Gasteiger partial charge in [-0.25, -0.2) is 0 Å². The number of hydrogen-bond donors (Lipinski definition) is 1. The molecule has 1 aromatic rings. The number of carbonyl (C=O) groups excluding carboxylic acids is 1. The highest BCUT2D eigenvalue weighted by Crippen LogP contribution is 2.17. The summed E-state index contributed by atoms with van der Waals surface area (Å²) < 4.78 is 0. The van der Waals surface area contributed by atoms with E-state index in [1.807, 2.05) is 45.0 Å². The Hall–Kier alpha value is -1.35. The second-order valence-electron chi connectivity index (χ2n) is 4.58. The Bertz CT molecular complexity index is 385. The predicted molar refractivity (Wildman–Crippen MR) is 67.7 cm³/mol. The van der Waals surface area contributed by atoms with Crippen LogP contribution < -0.4 is 10.2 Å². The quantitative estimate of drug-likeness (QED) is 0.844. The summed E-state index contributed by atoms with van der Waals surface area (Å²) in [6, 6.07) is 7.92. The van der Waals surface area contributed by atoms with Crippen molar-refractivity contribution in [3.8, 4) is 0 Å². The standard InChI is InChI=1S/C13H20N2O/c1-10-7-6-8-11(9-10)15(5)12(16)13(2,3)14-4/h6-9,14H,1-5H3. The lowest BCUT2D eigenvalue weighted by Gasteiger charge is -2.29. The van der Waals surface area contributed by atoms with Crippen LogP contribution in [-0.2, 0) is 4.79 Å². The van der Waals surface area contributed by atoms with E-state index in [0.717, 1.165) is 11.3 Å². The van der Waals surface area contributed by atoms with Crippen molar-refractivity contribution in [3.63, 3.8) is 0 Å². The maximum Gasteiger partial charge on any atom is 0.246 e. The highest BCUT2D eigenvalue weighted by atomic mass is 16.2. The van der Waals surface area contributed by atoms with Crippen molar-refractivity contribution in [2.45, 2.75) is 26.3 Å². The van der Waals surface area contributed by atoms with Crippen LogP contribution in [0.1, 0.15) is 19.4 Å². The highest BCUT2D eigenvalue weighted by Gasteiger charge is 2.28. The van der Waals surface area contributed by atoms with Gasteiger partial charge in [0.15, 0.2) is 0 Å². The molecule has 0 unspecified atom stereocenters. The number of hydrogen-bond acceptors (Lipinski definition) is 2. The summed E-state index contributed by atoms with van der Waals surface area (Å²) in [7, 11) is 3.60. The van der Waals surface area contributed by atoms with Crippen LogP contribution in [-0.4, -0.2) is 25.5 Å². The molecule has 0 fully saturated rings. The third kappa shape index (κ3) is 2.61. The van der Waals surface area contributed by atoms with Crippen LogP contribution in [0.5, 0.6) is 0 Å². The molecule has 1 amide bonds. The average molecular weight is 220 g/mol. The third-order valence-corrected chi connectivity index (χ3v) is 2.85. The van der Waals surface area contributed by atoms with Crippen LogP contribution in [0.25, 0.3) is 0 Å². The summed E-state index contributed by atoms with van der Waals surface area (Å²) in [6.45, 7) is 5.77. The number of likely N-dealkylation sites (N-methyl/N-ethyl adjacent to an activating group) is 2. The molecule has 1 rings (SSSR count). The van der Waals surface area contributed by atoms with E-state index < -0.39 is 5.54 Å². The first-order valence-corrected chi connectivity index (χ1v) is 5.42. The van der Waals surface area contributed by atoms with Crippen molar-refractivity contribution < 1.29 is 4.79 Å². The second kappa shape index (κ2) is 4.66. The largest absolute Gasteiger partial charge is 0.314 e. The molecular weight excluding hydrogens is 200 g/mol. The predicted octanol–water partition coefficient (Wildman–Crippen LogP) is 1.96. The monoisotopic (exact) mass is 220 g/mol. The molecule has 88 valence electrons. The lowest BCUT2D eigenvalue weighted by Crippen LogP contribution is -2.51. The highest BCUT2D eigenvalue weighted by molar-refractivity contribution is 5.99. The first-order valence-electron chi connectivity index (χ1n) is 5.42. The molecule has 3 nitrogen and oxygen atoms in total. The van der Waals surface area contributed by atoms with Gasteiger partial charge in [0, 0.05) is 12.7 Å². The van der Waals surface area contributed by atoms with E-state index in [2.05, 4.69) is 5.32 Å². The number of anilines is 1. The third-order valence-electron chi connectivity index (χ3n) is 2.85. The second-order valence-corrected chi connectivity index (χ2v) is 4.58. The van der Waals surface area contributed by atoms with E-state index in [-0.39, 0.29) is 5.91 Å². The van der Waals surface area contributed by atoms with Crippen molar-refractivity contribution in [2.75, 3.05) is 19.0 Å². The Morgan fingerprint density at radius 3 is 2.50 bits per heavy atom. The van der Waals surface area contributed by atoms with Crippen molar-refractivity contribution in [2.24, 2.45) is 0 Å². The molecule has 0 aliphatic carbocycles. The molecule has 0 aliphatic heterocycles. The van der Waals surface area contributed by atoms with Crippen molar-refractivity contribution >= 4 is 11.6 Å². The molecule has 3 heteroatoms. The Balaban J connectivity index is 2.95. The summed E-state index contributed by atoms with van der Waals surface area (Å²) in [4.78, 5) is 13.9. The van der Waals surface area contributed by atoms with E-state index in [1.165, 1.54) is 0 Å². The van der Waals surface area contributed by atoms with Crippen molar-refractivity contribution in [1.29, 1.82) is 0 Å². The molecule has 16 heavy (non-hydrogen) atoms. The summed E-state index contributed by atoms with van der Waals surface area (Å²) in [5.41, 5.74) is 1.53. The van der Waals surface area contributed by atoms with Crippen molar-refractivity contribution in [1.82, 2.24) is 5.32 Å². The number of amides is 1. The molecule has 0 radical (unpaired) electrons. The zero-order valence-electron chi connectivity index (χ0n) is 10.7. The van der Waals surface area contributed by atoms with Crippen LogP contribution in [0.4, 0.5) is 5.69 Å². The average Bonchev–Trinajstić information content (AvgIpc) is 2.27. The van der Waals surface area contributed by atoms with Gasteiger partial charge in [-0.15, -0.1) is 0 Å². The molecule has 0 saturated heterocycles. The van der Waals surface area contributed by atoms with Crippen LogP contribution in [0.2, 0.25) is 0 Å². The fourth-order valence-electron chi connectivity index (χ4n) is 1.48. The number of carbonyl (C=O) groups is 1. The smallest absolute Gasteiger partial charge is 0.246 e. The summed E-state index contributed by atoms with van der Waals surface area (Å²) in [5, 5.41) is 3.02. The van der Waals surface area contributed by atoms with Gasteiger partial charge in [0.25, 0.3) is 0 Å². The molecule has 0 aliphatic rings. The SMILES string of the molecule is CNC(C)(C)C(=O)N(C)c1cccc(C)c1. The van der Waals surface area contributed by atoms with Crippen molar-refractivity contribution in [3.05, 3.63) is 29.8 Å². The van der Waals surface area contributed by atoms with E-state index in [1.54, 1.807) is 19.0 Å². The molecule has 1 aromatic carbocycles. The molecule has 0 spiro atoms. The molecule has 0 atom stereocenters. The van der Waals surface area contributed by atoms with Crippen LogP contribution in [0, 0.1) is 6.92 Å². The van der Waals surface area contributed by atoms with Gasteiger partial charge in [0.1, 0.15) is 0 Å². The van der Waals surface area contributed by atoms with Crippen LogP contribution in [0.15, 0.2) is 24.3 Å². The maximum absolute atomic E-state index is 12.2. The summed E-state index contributed by atoms with van der Waals surface area (Å²) in [6.07, 6.45) is 0. The van der Waals surface area contributed by atoms with Gasteiger partial charge in [-0.1, -0.05) is 12.1 Å². The van der Waals surface area contributed by atoms with Gasteiger partial charge in [-0.05, 0) is 45.5 Å². The topological polar surface area (TPSA) is 32.3 Å². The zero-order valence-corrected chi connectivity index (χ0v) is 10.7. The van der Waals surface area contributed by atoms with Gasteiger partial charge in [0.2, 0.25) is 5.91 Å². The van der Waals surface area contributed by atoms with Gasteiger partial charge >= 0.3 is 0 Å². The number of rotatable bonds is 3. The Morgan fingerprint density at radius 1 is 1.38 bits per heavy atom. The van der Waals surface area contributed by atoms with Gasteiger partial charge < -0.3 is 10.2 Å². The lowest BCUT2D eigenvalue weighted by atomic mass is 10.0. The molecule has 1 N–H and O–H groups in total. The summed E-state index contributed by atoms with van der Waals surface area (Å²) in [5.74, 6) is 0.0561. The lowest BCUT2D eigenvalue weighted by molar-refractivity contribution is -0.123. The van der Waals surface area contributed by atoms with Gasteiger partial charge in [0.05, 0.1) is 5.54 Å². The molecule has 0 aromatic heterocycles. The van der Waals surface area contributed by atoms with Crippen LogP contribution >= 0.6 is 0 Å². The van der Waals surface area contributed by atoms with Crippen LogP contribution in [0.3, 0.4) is 0 Å². The van der Waals surface area contributed by atoms with E-state index in [0.29, 0.717) is 0 Å². The summed E-state index contributed by atoms with van der Waals surface area (Å²) >= 11 is 0. The minimum Gasteiger partial charge on any atom is -0.314 e. The maximum atomic E-state index is 12.2.